The fourth-order valence-corrected chi connectivity index (χ4v) is 3.26. The lowest BCUT2D eigenvalue weighted by molar-refractivity contribution is 0.0497. The van der Waals surface area contributed by atoms with Crippen LogP contribution < -0.4 is 10.2 Å². The van der Waals surface area contributed by atoms with Crippen molar-refractivity contribution < 1.29 is 9.53 Å². The van der Waals surface area contributed by atoms with Gasteiger partial charge in [0.25, 0.3) is 0 Å². The molecule has 7 heteroatoms. The second-order valence-electron chi connectivity index (χ2n) is 8.23. The number of nitrogens with one attached hydrogen (secondary N) is 1. The van der Waals surface area contributed by atoms with Crippen molar-refractivity contribution in [3.8, 4) is 11.4 Å². The van der Waals surface area contributed by atoms with E-state index in [4.69, 9.17) is 9.72 Å². The average molecular weight is 383 g/mol. The number of nitrogens with zero attached hydrogens (tertiary/aromatic N) is 4. The summed E-state index contributed by atoms with van der Waals surface area (Å²) < 4.78 is 5.36. The van der Waals surface area contributed by atoms with Crippen molar-refractivity contribution in [3.05, 3.63) is 35.8 Å². The average Bonchev–Trinajstić information content (AvgIpc) is 2.64. The van der Waals surface area contributed by atoms with Gasteiger partial charge in [0.05, 0.1) is 0 Å². The van der Waals surface area contributed by atoms with E-state index in [2.05, 4.69) is 27.1 Å². The van der Waals surface area contributed by atoms with E-state index in [0.29, 0.717) is 5.82 Å². The van der Waals surface area contributed by atoms with Crippen LogP contribution in [0.5, 0.6) is 0 Å². The van der Waals surface area contributed by atoms with Crippen molar-refractivity contribution >= 4 is 11.9 Å². The largest absolute Gasteiger partial charge is 0.444 e. The van der Waals surface area contributed by atoms with Gasteiger partial charge in [-0.1, -0.05) is 0 Å². The van der Waals surface area contributed by atoms with Crippen LogP contribution in [0.3, 0.4) is 0 Å². The van der Waals surface area contributed by atoms with Gasteiger partial charge in [0, 0.05) is 48.3 Å². The number of piperidine rings is 1. The minimum Gasteiger partial charge on any atom is -0.444 e. The van der Waals surface area contributed by atoms with E-state index in [1.807, 2.05) is 39.8 Å². The molecule has 7 nitrogen and oxygen atoms in total. The minimum atomic E-state index is -0.483. The van der Waals surface area contributed by atoms with E-state index in [1.165, 1.54) is 0 Å². The maximum absolute atomic E-state index is 12.0. The summed E-state index contributed by atoms with van der Waals surface area (Å²) in [5, 5.41) is 2.98. The van der Waals surface area contributed by atoms with E-state index in [9.17, 15) is 4.79 Å². The summed E-state index contributed by atoms with van der Waals surface area (Å²) in [5.74, 6) is 1.65. The van der Waals surface area contributed by atoms with E-state index in [0.717, 1.165) is 48.6 Å². The van der Waals surface area contributed by atoms with Crippen LogP contribution >= 0.6 is 0 Å². The van der Waals surface area contributed by atoms with Gasteiger partial charge in [-0.2, -0.15) is 0 Å². The Kier molecular flexibility index (Phi) is 5.82. The van der Waals surface area contributed by atoms with Gasteiger partial charge in [0.1, 0.15) is 11.4 Å². The number of hydrogen-bond donors (Lipinski definition) is 1. The van der Waals surface area contributed by atoms with E-state index in [-0.39, 0.29) is 12.1 Å². The normalized spacial score (nSPS) is 15.4. The third kappa shape index (κ3) is 4.97. The van der Waals surface area contributed by atoms with Crippen LogP contribution in [0.1, 0.15) is 44.9 Å². The smallest absolute Gasteiger partial charge is 0.407 e. The summed E-state index contributed by atoms with van der Waals surface area (Å²) in [6.45, 7) is 11.3. The summed E-state index contributed by atoms with van der Waals surface area (Å²) in [5.41, 5.74) is 2.49. The fourth-order valence-electron chi connectivity index (χ4n) is 3.26. The van der Waals surface area contributed by atoms with Crippen LogP contribution in [0.2, 0.25) is 0 Å². The van der Waals surface area contributed by atoms with Crippen molar-refractivity contribution in [2.45, 2.75) is 59.1 Å². The maximum atomic E-state index is 12.0. The molecule has 0 bridgehead atoms. The molecule has 1 aliphatic heterocycles. The predicted molar refractivity (Wildman–Crippen MR) is 109 cm³/mol. The molecule has 2 aromatic heterocycles. The van der Waals surface area contributed by atoms with Gasteiger partial charge in [-0.05, 0) is 59.6 Å². The molecule has 1 N–H and O–H groups in total. The second-order valence-corrected chi connectivity index (χ2v) is 8.23. The predicted octanol–water partition coefficient (Wildman–Crippen LogP) is 3.65. The van der Waals surface area contributed by atoms with E-state index >= 15 is 0 Å². The zero-order valence-electron chi connectivity index (χ0n) is 17.3. The zero-order valence-corrected chi connectivity index (χ0v) is 17.3. The monoisotopic (exact) mass is 383 g/mol. The Morgan fingerprint density at radius 1 is 1.21 bits per heavy atom. The number of ether oxygens (including phenoxy) is 1. The Morgan fingerprint density at radius 3 is 2.54 bits per heavy atom. The van der Waals surface area contributed by atoms with Gasteiger partial charge < -0.3 is 15.0 Å². The summed E-state index contributed by atoms with van der Waals surface area (Å²) >= 11 is 0. The molecule has 0 aromatic carbocycles. The molecule has 28 heavy (non-hydrogen) atoms. The fraction of sp³-hybridized carbons (Fsp3) is 0.524. The third-order valence-corrected chi connectivity index (χ3v) is 4.80. The van der Waals surface area contributed by atoms with Crippen molar-refractivity contribution in [1.82, 2.24) is 20.3 Å². The Morgan fingerprint density at radius 2 is 1.93 bits per heavy atom. The van der Waals surface area contributed by atoms with Crippen LogP contribution in [-0.2, 0) is 4.74 Å². The number of anilines is 1. The maximum Gasteiger partial charge on any atom is 0.407 e. The number of rotatable bonds is 3. The molecule has 0 aliphatic carbocycles. The molecule has 1 fully saturated rings. The van der Waals surface area contributed by atoms with Crippen LogP contribution in [0.4, 0.5) is 10.6 Å². The van der Waals surface area contributed by atoms with Gasteiger partial charge in [0.2, 0.25) is 0 Å². The molecule has 0 unspecified atom stereocenters. The molecule has 0 spiro atoms. The van der Waals surface area contributed by atoms with Crippen LogP contribution in [0.15, 0.2) is 24.5 Å². The Labute approximate surface area is 166 Å². The lowest BCUT2D eigenvalue weighted by Gasteiger charge is -2.34. The summed E-state index contributed by atoms with van der Waals surface area (Å²) in [6.07, 6.45) is 4.88. The van der Waals surface area contributed by atoms with Crippen molar-refractivity contribution in [3.63, 3.8) is 0 Å². The Balaban J connectivity index is 1.69. The number of hydrogen-bond acceptors (Lipinski definition) is 6. The lowest BCUT2D eigenvalue weighted by atomic mass is 10.0. The SMILES string of the molecule is Cc1nc(-c2cccnc2)nc(N2CCC(NC(=O)OC(C)(C)C)CC2)c1C. The molecule has 1 amide bonds. The van der Waals surface area contributed by atoms with Crippen molar-refractivity contribution in [2.24, 2.45) is 0 Å². The number of alkyl carbamates (subject to hydrolysis) is 1. The molecular weight excluding hydrogens is 354 g/mol. The molecule has 0 saturated carbocycles. The van der Waals surface area contributed by atoms with Gasteiger partial charge in [-0.15, -0.1) is 0 Å². The molecule has 2 aromatic rings. The molecule has 1 saturated heterocycles. The minimum absolute atomic E-state index is 0.118. The zero-order chi connectivity index (χ0) is 20.3. The Bertz CT molecular complexity index is 825. The lowest BCUT2D eigenvalue weighted by Crippen LogP contribution is -2.46. The van der Waals surface area contributed by atoms with E-state index in [1.54, 1.807) is 12.4 Å². The molecule has 1 aliphatic rings. The first-order valence-corrected chi connectivity index (χ1v) is 9.73. The first kappa shape index (κ1) is 20.0. The highest BCUT2D eigenvalue weighted by atomic mass is 16.6. The molecule has 3 rings (SSSR count). The quantitative estimate of drug-likeness (QED) is 0.871. The van der Waals surface area contributed by atoms with Gasteiger partial charge in [-0.25, -0.2) is 14.8 Å². The summed E-state index contributed by atoms with van der Waals surface area (Å²) in [7, 11) is 0. The second kappa shape index (κ2) is 8.12. The van der Waals surface area contributed by atoms with Crippen molar-refractivity contribution in [2.75, 3.05) is 18.0 Å². The number of aromatic nitrogens is 3. The number of amides is 1. The molecule has 3 heterocycles. The number of carbonyl (C=O) groups excluding carboxylic acids is 1. The van der Waals surface area contributed by atoms with E-state index < -0.39 is 5.60 Å². The first-order chi connectivity index (χ1) is 13.2. The standard InChI is InChI=1S/C21H29N5O2/c1-14-15(2)23-18(16-7-6-10-22-13-16)25-19(14)26-11-8-17(9-12-26)24-20(27)28-21(3,4)5/h6-7,10,13,17H,8-9,11-12H2,1-5H3,(H,24,27). The molecular formula is C21H29N5O2. The molecule has 0 radical (unpaired) electrons. The van der Waals surface area contributed by atoms with Gasteiger partial charge in [0.15, 0.2) is 5.82 Å². The van der Waals surface area contributed by atoms with Gasteiger partial charge >= 0.3 is 6.09 Å². The molecule has 150 valence electrons. The number of pyridine rings is 1. The third-order valence-electron chi connectivity index (χ3n) is 4.80. The Hall–Kier alpha value is -2.70. The first-order valence-electron chi connectivity index (χ1n) is 9.73. The van der Waals surface area contributed by atoms with Gasteiger partial charge in [-0.3, -0.25) is 4.98 Å². The summed E-state index contributed by atoms with van der Waals surface area (Å²) in [6, 6.07) is 3.98. The molecule has 0 atom stereocenters. The highest BCUT2D eigenvalue weighted by Crippen LogP contribution is 2.26. The highest BCUT2D eigenvalue weighted by molar-refractivity contribution is 5.68. The van der Waals surface area contributed by atoms with Crippen LogP contribution in [0, 0.1) is 13.8 Å². The van der Waals surface area contributed by atoms with Crippen molar-refractivity contribution in [1.29, 1.82) is 0 Å². The number of carbonyl (C=O) groups is 1. The van der Waals surface area contributed by atoms with Crippen LogP contribution in [-0.4, -0.2) is 45.8 Å². The van der Waals surface area contributed by atoms with Crippen LogP contribution in [0.25, 0.3) is 11.4 Å². The topological polar surface area (TPSA) is 80.2 Å². The summed E-state index contributed by atoms with van der Waals surface area (Å²) in [4.78, 5) is 27.9. The number of aryl methyl sites for hydroxylation is 1. The highest BCUT2D eigenvalue weighted by Gasteiger charge is 2.25.